The first kappa shape index (κ1) is 13.5. The fourth-order valence-corrected chi connectivity index (χ4v) is 3.01. The Labute approximate surface area is 115 Å². The van der Waals surface area contributed by atoms with Crippen LogP contribution in [-0.4, -0.2) is 23.2 Å². The third-order valence-corrected chi connectivity index (χ3v) is 4.02. The number of carboxylic acids is 1. The summed E-state index contributed by atoms with van der Waals surface area (Å²) in [7, 11) is 1.61. The smallest absolute Gasteiger partial charge is 0.347 e. The molecule has 1 heterocycles. The van der Waals surface area contributed by atoms with Crippen LogP contribution in [0, 0.1) is 20.8 Å². The van der Waals surface area contributed by atoms with Crippen LogP contribution in [0.3, 0.4) is 0 Å². The van der Waals surface area contributed by atoms with Gasteiger partial charge in [0.05, 0.1) is 18.4 Å². The molecule has 0 aliphatic heterocycles. The molecule has 0 radical (unpaired) electrons. The standard InChI is InChI=1S/C14H15NO3S/c1-7-5-8(2)11(18-4)10(6-7)13-15-9(3)12(19-13)14(16)17/h5-6H,1-4H3,(H,16,17). The number of carboxylic acid groups (broad SMARTS) is 1. The zero-order valence-electron chi connectivity index (χ0n) is 11.3. The van der Waals surface area contributed by atoms with E-state index in [9.17, 15) is 4.79 Å². The van der Waals surface area contributed by atoms with Crippen LogP contribution in [0.25, 0.3) is 10.6 Å². The van der Waals surface area contributed by atoms with Crippen molar-refractivity contribution in [1.82, 2.24) is 4.98 Å². The Morgan fingerprint density at radius 1 is 1.32 bits per heavy atom. The van der Waals surface area contributed by atoms with Crippen LogP contribution in [0.2, 0.25) is 0 Å². The van der Waals surface area contributed by atoms with Crippen LogP contribution >= 0.6 is 11.3 Å². The average Bonchev–Trinajstić information content (AvgIpc) is 2.70. The van der Waals surface area contributed by atoms with Crippen LogP contribution in [-0.2, 0) is 0 Å². The number of hydrogen-bond donors (Lipinski definition) is 1. The van der Waals surface area contributed by atoms with E-state index in [2.05, 4.69) is 4.98 Å². The molecule has 0 bridgehead atoms. The molecule has 0 amide bonds. The first-order valence-corrected chi connectivity index (χ1v) is 6.62. The molecule has 0 saturated heterocycles. The van der Waals surface area contributed by atoms with E-state index < -0.39 is 5.97 Å². The lowest BCUT2D eigenvalue weighted by Gasteiger charge is -2.10. The van der Waals surface area contributed by atoms with Crippen LogP contribution in [0.1, 0.15) is 26.5 Å². The highest BCUT2D eigenvalue weighted by molar-refractivity contribution is 7.17. The number of aromatic carboxylic acids is 1. The molecular weight excluding hydrogens is 262 g/mol. The molecule has 0 spiro atoms. The highest BCUT2D eigenvalue weighted by atomic mass is 32.1. The summed E-state index contributed by atoms with van der Waals surface area (Å²) in [5, 5.41) is 9.78. The van der Waals surface area contributed by atoms with Gasteiger partial charge in [-0.25, -0.2) is 9.78 Å². The van der Waals surface area contributed by atoms with E-state index in [1.54, 1.807) is 14.0 Å². The summed E-state index contributed by atoms with van der Waals surface area (Å²) in [5.41, 5.74) is 3.49. The number of ether oxygens (including phenoxy) is 1. The number of aromatic nitrogens is 1. The SMILES string of the molecule is COc1c(C)cc(C)cc1-c1nc(C)c(C(=O)O)s1. The van der Waals surface area contributed by atoms with E-state index in [1.165, 1.54) is 11.3 Å². The summed E-state index contributed by atoms with van der Waals surface area (Å²) in [6.45, 7) is 5.67. The van der Waals surface area contributed by atoms with Gasteiger partial charge in [0.1, 0.15) is 15.6 Å². The van der Waals surface area contributed by atoms with Gasteiger partial charge < -0.3 is 9.84 Å². The summed E-state index contributed by atoms with van der Waals surface area (Å²) >= 11 is 1.18. The van der Waals surface area contributed by atoms with Crippen LogP contribution in [0.5, 0.6) is 5.75 Å². The number of nitrogens with zero attached hydrogens (tertiary/aromatic N) is 1. The lowest BCUT2D eigenvalue weighted by Crippen LogP contribution is -1.94. The maximum Gasteiger partial charge on any atom is 0.347 e. The van der Waals surface area contributed by atoms with Crippen molar-refractivity contribution in [2.45, 2.75) is 20.8 Å². The number of methoxy groups -OCH3 is 1. The molecule has 0 atom stereocenters. The molecule has 0 saturated carbocycles. The van der Waals surface area contributed by atoms with Crippen molar-refractivity contribution < 1.29 is 14.6 Å². The lowest BCUT2D eigenvalue weighted by molar-refractivity contribution is 0.0701. The molecule has 1 aromatic heterocycles. The van der Waals surface area contributed by atoms with Crippen molar-refractivity contribution in [3.63, 3.8) is 0 Å². The molecule has 2 aromatic rings. The highest BCUT2D eigenvalue weighted by Gasteiger charge is 2.18. The zero-order chi connectivity index (χ0) is 14.2. The molecule has 4 nitrogen and oxygen atoms in total. The Kier molecular flexibility index (Phi) is 3.57. The van der Waals surface area contributed by atoms with Crippen LogP contribution in [0.15, 0.2) is 12.1 Å². The monoisotopic (exact) mass is 277 g/mol. The van der Waals surface area contributed by atoms with Gasteiger partial charge >= 0.3 is 5.97 Å². The predicted molar refractivity (Wildman–Crippen MR) is 75.3 cm³/mol. The van der Waals surface area contributed by atoms with Gasteiger partial charge in [0.25, 0.3) is 0 Å². The van der Waals surface area contributed by atoms with Crippen molar-refractivity contribution in [3.8, 4) is 16.3 Å². The summed E-state index contributed by atoms with van der Waals surface area (Å²) < 4.78 is 5.41. The third kappa shape index (κ3) is 2.46. The average molecular weight is 277 g/mol. The van der Waals surface area contributed by atoms with Crippen molar-refractivity contribution in [2.75, 3.05) is 7.11 Å². The van der Waals surface area contributed by atoms with Gasteiger partial charge in [0, 0.05) is 0 Å². The number of benzene rings is 1. The topological polar surface area (TPSA) is 59.4 Å². The largest absolute Gasteiger partial charge is 0.496 e. The van der Waals surface area contributed by atoms with Gasteiger partial charge in [-0.1, -0.05) is 6.07 Å². The summed E-state index contributed by atoms with van der Waals surface area (Å²) in [4.78, 5) is 15.7. The molecule has 0 aliphatic carbocycles. The second-order valence-electron chi connectivity index (χ2n) is 4.40. The number of rotatable bonds is 3. The Morgan fingerprint density at radius 3 is 2.53 bits per heavy atom. The molecule has 5 heteroatoms. The quantitative estimate of drug-likeness (QED) is 0.933. The maximum atomic E-state index is 11.1. The van der Waals surface area contributed by atoms with E-state index in [1.807, 2.05) is 26.0 Å². The van der Waals surface area contributed by atoms with Crippen molar-refractivity contribution in [1.29, 1.82) is 0 Å². The summed E-state index contributed by atoms with van der Waals surface area (Å²) in [6, 6.07) is 4.00. The van der Waals surface area contributed by atoms with Crippen molar-refractivity contribution in [2.24, 2.45) is 0 Å². The fraction of sp³-hybridized carbons (Fsp3) is 0.286. The highest BCUT2D eigenvalue weighted by Crippen LogP contribution is 2.37. The Morgan fingerprint density at radius 2 is 2.00 bits per heavy atom. The second kappa shape index (κ2) is 5.01. The third-order valence-electron chi connectivity index (χ3n) is 2.84. The molecule has 0 unspecified atom stereocenters. The van der Waals surface area contributed by atoms with Gasteiger partial charge in [-0.05, 0) is 38.0 Å². The second-order valence-corrected chi connectivity index (χ2v) is 5.40. The Hall–Kier alpha value is -1.88. The van der Waals surface area contributed by atoms with Gasteiger partial charge in [-0.15, -0.1) is 11.3 Å². The Bertz CT molecular complexity index is 646. The van der Waals surface area contributed by atoms with Crippen molar-refractivity contribution >= 4 is 17.3 Å². The van der Waals surface area contributed by atoms with E-state index in [0.29, 0.717) is 10.7 Å². The molecule has 100 valence electrons. The minimum Gasteiger partial charge on any atom is -0.496 e. The maximum absolute atomic E-state index is 11.1. The molecule has 0 aliphatic rings. The fourth-order valence-electron chi connectivity index (χ4n) is 2.09. The van der Waals surface area contributed by atoms with Crippen LogP contribution in [0.4, 0.5) is 0 Å². The predicted octanol–water partition coefficient (Wildman–Crippen LogP) is 3.44. The van der Waals surface area contributed by atoms with Gasteiger partial charge in [0.15, 0.2) is 0 Å². The minimum absolute atomic E-state index is 0.274. The van der Waals surface area contributed by atoms with E-state index in [-0.39, 0.29) is 4.88 Å². The minimum atomic E-state index is -0.940. The normalized spacial score (nSPS) is 10.5. The zero-order valence-corrected chi connectivity index (χ0v) is 12.1. The first-order valence-electron chi connectivity index (χ1n) is 5.80. The lowest BCUT2D eigenvalue weighted by atomic mass is 10.1. The summed E-state index contributed by atoms with van der Waals surface area (Å²) in [5.74, 6) is -0.194. The number of aryl methyl sites for hydroxylation is 3. The van der Waals surface area contributed by atoms with E-state index >= 15 is 0 Å². The number of hydrogen-bond acceptors (Lipinski definition) is 4. The van der Waals surface area contributed by atoms with E-state index in [0.717, 1.165) is 22.4 Å². The molecule has 19 heavy (non-hydrogen) atoms. The number of thiazole rings is 1. The molecule has 1 N–H and O–H groups in total. The number of carbonyl (C=O) groups is 1. The van der Waals surface area contributed by atoms with Crippen molar-refractivity contribution in [3.05, 3.63) is 33.8 Å². The van der Waals surface area contributed by atoms with Gasteiger partial charge in [-0.3, -0.25) is 0 Å². The van der Waals surface area contributed by atoms with Crippen LogP contribution < -0.4 is 4.74 Å². The molecular formula is C14H15NO3S. The molecule has 2 rings (SSSR count). The Balaban J connectivity index is 2.64. The van der Waals surface area contributed by atoms with E-state index in [4.69, 9.17) is 9.84 Å². The van der Waals surface area contributed by atoms with Gasteiger partial charge in [0.2, 0.25) is 0 Å². The molecule has 1 aromatic carbocycles. The summed E-state index contributed by atoms with van der Waals surface area (Å²) in [6.07, 6.45) is 0. The first-order chi connectivity index (χ1) is 8.93. The molecule has 0 fully saturated rings. The van der Waals surface area contributed by atoms with Gasteiger partial charge in [-0.2, -0.15) is 0 Å².